The van der Waals surface area contributed by atoms with Gasteiger partial charge in [-0.15, -0.1) is 0 Å². The Morgan fingerprint density at radius 1 is 0.640 bits per heavy atom. The highest BCUT2D eigenvalue weighted by Gasteiger charge is 2.06. The number of hydrogen-bond donors (Lipinski definition) is 0. The number of rotatable bonds is 6. The average molecular weight is 397 g/mol. The molecule has 0 bridgehead atoms. The predicted octanol–water partition coefficient (Wildman–Crippen LogP) is 6.58. The standard InChI is InChI=1S/C22H21BrO2/c1-3-24-19-10-5-16(6-11-19)18-9-14-21(22(23)15-18)17-7-12-20(13-8-17)25-4-2/h5-15H,3-4H2,1-2H3. The molecule has 3 aromatic carbocycles. The lowest BCUT2D eigenvalue weighted by Crippen LogP contribution is -1.91. The van der Waals surface area contributed by atoms with Crippen molar-refractivity contribution in [3.8, 4) is 33.8 Å². The summed E-state index contributed by atoms with van der Waals surface area (Å²) in [4.78, 5) is 0. The van der Waals surface area contributed by atoms with E-state index in [1.807, 2.05) is 38.1 Å². The Labute approximate surface area is 157 Å². The highest BCUT2D eigenvalue weighted by atomic mass is 79.9. The molecule has 0 aliphatic rings. The Morgan fingerprint density at radius 2 is 1.12 bits per heavy atom. The first kappa shape index (κ1) is 17.6. The Bertz CT molecular complexity index is 824. The Balaban J connectivity index is 1.85. The largest absolute Gasteiger partial charge is 0.494 e. The van der Waals surface area contributed by atoms with Crippen molar-refractivity contribution >= 4 is 15.9 Å². The summed E-state index contributed by atoms with van der Waals surface area (Å²) in [5, 5.41) is 0. The molecule has 0 aliphatic heterocycles. The summed E-state index contributed by atoms with van der Waals surface area (Å²) in [6, 6.07) is 22.8. The van der Waals surface area contributed by atoms with E-state index >= 15 is 0 Å². The summed E-state index contributed by atoms with van der Waals surface area (Å²) in [5.41, 5.74) is 4.67. The van der Waals surface area contributed by atoms with E-state index in [-0.39, 0.29) is 0 Å². The van der Waals surface area contributed by atoms with Crippen LogP contribution in [-0.2, 0) is 0 Å². The minimum absolute atomic E-state index is 0.680. The summed E-state index contributed by atoms with van der Waals surface area (Å²) in [6.07, 6.45) is 0. The fraction of sp³-hybridized carbons (Fsp3) is 0.182. The minimum Gasteiger partial charge on any atom is -0.494 e. The number of ether oxygens (including phenoxy) is 2. The van der Waals surface area contributed by atoms with Crippen LogP contribution in [0.15, 0.2) is 71.2 Å². The van der Waals surface area contributed by atoms with Crippen molar-refractivity contribution in [2.45, 2.75) is 13.8 Å². The van der Waals surface area contributed by atoms with Crippen molar-refractivity contribution in [3.63, 3.8) is 0 Å². The van der Waals surface area contributed by atoms with Crippen LogP contribution in [-0.4, -0.2) is 13.2 Å². The first-order chi connectivity index (χ1) is 12.2. The molecule has 0 fully saturated rings. The van der Waals surface area contributed by atoms with Crippen molar-refractivity contribution < 1.29 is 9.47 Å². The molecule has 0 amide bonds. The predicted molar refractivity (Wildman–Crippen MR) is 107 cm³/mol. The van der Waals surface area contributed by atoms with E-state index in [1.165, 1.54) is 11.1 Å². The molecule has 128 valence electrons. The van der Waals surface area contributed by atoms with Crippen LogP contribution in [0, 0.1) is 0 Å². The average Bonchev–Trinajstić information content (AvgIpc) is 2.64. The van der Waals surface area contributed by atoms with Gasteiger partial charge in [-0.25, -0.2) is 0 Å². The minimum atomic E-state index is 0.680. The summed E-state index contributed by atoms with van der Waals surface area (Å²) < 4.78 is 12.1. The molecule has 0 spiro atoms. The van der Waals surface area contributed by atoms with Gasteiger partial charge in [0.1, 0.15) is 11.5 Å². The van der Waals surface area contributed by atoms with Crippen LogP contribution in [0.2, 0.25) is 0 Å². The topological polar surface area (TPSA) is 18.5 Å². The van der Waals surface area contributed by atoms with Gasteiger partial charge in [0, 0.05) is 4.47 Å². The van der Waals surface area contributed by atoms with Crippen LogP contribution in [0.1, 0.15) is 13.8 Å². The lowest BCUT2D eigenvalue weighted by Gasteiger charge is -2.10. The summed E-state index contributed by atoms with van der Waals surface area (Å²) in [6.45, 7) is 5.34. The van der Waals surface area contributed by atoms with Gasteiger partial charge in [-0.2, -0.15) is 0 Å². The summed E-state index contributed by atoms with van der Waals surface area (Å²) in [7, 11) is 0. The lowest BCUT2D eigenvalue weighted by atomic mass is 10.0. The van der Waals surface area contributed by atoms with E-state index < -0.39 is 0 Å². The second-order valence-electron chi connectivity index (χ2n) is 5.61. The van der Waals surface area contributed by atoms with Crippen molar-refractivity contribution in [2.75, 3.05) is 13.2 Å². The first-order valence-corrected chi connectivity index (χ1v) is 9.26. The highest BCUT2D eigenvalue weighted by Crippen LogP contribution is 2.33. The third-order valence-electron chi connectivity index (χ3n) is 3.94. The van der Waals surface area contributed by atoms with Crippen molar-refractivity contribution in [3.05, 3.63) is 71.2 Å². The Kier molecular flexibility index (Phi) is 5.77. The quantitative estimate of drug-likeness (QED) is 0.468. The SMILES string of the molecule is CCOc1ccc(-c2ccc(-c3ccc(OCC)cc3)c(Br)c2)cc1. The normalized spacial score (nSPS) is 10.5. The maximum Gasteiger partial charge on any atom is 0.119 e. The summed E-state index contributed by atoms with van der Waals surface area (Å²) in [5.74, 6) is 1.80. The van der Waals surface area contributed by atoms with E-state index in [4.69, 9.17) is 9.47 Å². The van der Waals surface area contributed by atoms with Gasteiger partial charge in [-0.05, 0) is 66.4 Å². The van der Waals surface area contributed by atoms with Gasteiger partial charge in [-0.1, -0.05) is 52.3 Å². The monoisotopic (exact) mass is 396 g/mol. The van der Waals surface area contributed by atoms with E-state index in [9.17, 15) is 0 Å². The second kappa shape index (κ2) is 8.21. The molecule has 0 aromatic heterocycles. The van der Waals surface area contributed by atoms with Crippen LogP contribution in [0.5, 0.6) is 11.5 Å². The Morgan fingerprint density at radius 3 is 1.60 bits per heavy atom. The molecule has 0 N–H and O–H groups in total. The van der Waals surface area contributed by atoms with Crippen LogP contribution < -0.4 is 9.47 Å². The zero-order chi connectivity index (χ0) is 17.6. The molecule has 3 heteroatoms. The smallest absolute Gasteiger partial charge is 0.119 e. The zero-order valence-corrected chi connectivity index (χ0v) is 16.0. The van der Waals surface area contributed by atoms with Gasteiger partial charge in [0.15, 0.2) is 0 Å². The first-order valence-electron chi connectivity index (χ1n) is 8.47. The van der Waals surface area contributed by atoms with Gasteiger partial charge in [0.25, 0.3) is 0 Å². The molecular formula is C22H21BrO2. The number of hydrogen-bond acceptors (Lipinski definition) is 2. The van der Waals surface area contributed by atoms with E-state index in [0.717, 1.165) is 27.1 Å². The van der Waals surface area contributed by atoms with Crippen molar-refractivity contribution in [1.82, 2.24) is 0 Å². The zero-order valence-electron chi connectivity index (χ0n) is 14.5. The molecule has 0 atom stereocenters. The molecule has 0 aliphatic carbocycles. The van der Waals surface area contributed by atoms with Gasteiger partial charge in [0.2, 0.25) is 0 Å². The maximum atomic E-state index is 5.51. The van der Waals surface area contributed by atoms with E-state index in [1.54, 1.807) is 0 Å². The molecule has 25 heavy (non-hydrogen) atoms. The van der Waals surface area contributed by atoms with Crippen LogP contribution >= 0.6 is 15.9 Å². The molecule has 0 saturated carbocycles. The molecular weight excluding hydrogens is 376 g/mol. The number of halogens is 1. The molecule has 3 rings (SSSR count). The second-order valence-corrected chi connectivity index (χ2v) is 6.46. The Hall–Kier alpha value is -2.26. The molecule has 2 nitrogen and oxygen atoms in total. The van der Waals surface area contributed by atoms with Gasteiger partial charge in [-0.3, -0.25) is 0 Å². The molecule has 0 heterocycles. The van der Waals surface area contributed by atoms with Crippen LogP contribution in [0.3, 0.4) is 0 Å². The third kappa shape index (κ3) is 4.23. The fourth-order valence-corrected chi connectivity index (χ4v) is 3.34. The van der Waals surface area contributed by atoms with Gasteiger partial charge >= 0.3 is 0 Å². The van der Waals surface area contributed by atoms with Crippen molar-refractivity contribution in [1.29, 1.82) is 0 Å². The van der Waals surface area contributed by atoms with Gasteiger partial charge < -0.3 is 9.47 Å². The summed E-state index contributed by atoms with van der Waals surface area (Å²) >= 11 is 3.71. The number of benzene rings is 3. The fourth-order valence-electron chi connectivity index (χ4n) is 2.74. The molecule has 3 aromatic rings. The highest BCUT2D eigenvalue weighted by molar-refractivity contribution is 9.10. The maximum absolute atomic E-state index is 5.51. The van der Waals surface area contributed by atoms with Crippen LogP contribution in [0.4, 0.5) is 0 Å². The van der Waals surface area contributed by atoms with Crippen LogP contribution in [0.25, 0.3) is 22.3 Å². The molecule has 0 saturated heterocycles. The van der Waals surface area contributed by atoms with E-state index in [0.29, 0.717) is 13.2 Å². The lowest BCUT2D eigenvalue weighted by molar-refractivity contribution is 0.340. The van der Waals surface area contributed by atoms with E-state index in [2.05, 4.69) is 58.4 Å². The molecule has 0 unspecified atom stereocenters. The molecule has 0 radical (unpaired) electrons. The van der Waals surface area contributed by atoms with Gasteiger partial charge in [0.05, 0.1) is 13.2 Å². The third-order valence-corrected chi connectivity index (χ3v) is 4.60. The van der Waals surface area contributed by atoms with Crippen molar-refractivity contribution in [2.24, 2.45) is 0 Å².